The smallest absolute Gasteiger partial charge is 0.316 e. The van der Waals surface area contributed by atoms with Gasteiger partial charge in [0.05, 0.1) is 30.3 Å². The molecule has 4 aromatic rings. The molecule has 40 heavy (non-hydrogen) atoms. The monoisotopic (exact) mass is 547 g/mol. The van der Waals surface area contributed by atoms with E-state index in [0.29, 0.717) is 41.0 Å². The molecule has 0 radical (unpaired) electrons. The molecule has 0 atom stereocenters. The zero-order chi connectivity index (χ0) is 28.1. The Morgan fingerprint density at radius 2 is 1.77 bits per heavy atom. The number of aromatic amines is 1. The molecular formula is C29H27F2N5O4. The number of nitrogens with one attached hydrogen (secondary N) is 2. The van der Waals surface area contributed by atoms with Crippen LogP contribution in [0.2, 0.25) is 0 Å². The molecule has 1 saturated heterocycles. The van der Waals surface area contributed by atoms with Crippen LogP contribution in [0.4, 0.5) is 14.7 Å². The second kappa shape index (κ2) is 11.7. The largest absolute Gasteiger partial charge is 0.461 e. The average Bonchev–Trinajstić information content (AvgIpc) is 3.42. The molecule has 0 spiro atoms. The summed E-state index contributed by atoms with van der Waals surface area (Å²) in [5.41, 5.74) is 2.09. The third kappa shape index (κ3) is 6.05. The highest BCUT2D eigenvalue weighted by Crippen LogP contribution is 2.36. The molecule has 9 nitrogen and oxygen atoms in total. The highest BCUT2D eigenvalue weighted by molar-refractivity contribution is 5.78. The summed E-state index contributed by atoms with van der Waals surface area (Å²) in [6.07, 6.45) is 2.21. The maximum atomic E-state index is 13.7. The maximum absolute atomic E-state index is 13.7. The van der Waals surface area contributed by atoms with Crippen molar-refractivity contribution < 1.29 is 27.8 Å². The van der Waals surface area contributed by atoms with Crippen LogP contribution in [0.15, 0.2) is 73.4 Å². The molecule has 2 aromatic carbocycles. The van der Waals surface area contributed by atoms with Crippen LogP contribution in [-0.2, 0) is 25.5 Å². The van der Waals surface area contributed by atoms with Gasteiger partial charge in [0.15, 0.2) is 5.82 Å². The fourth-order valence-corrected chi connectivity index (χ4v) is 4.07. The van der Waals surface area contributed by atoms with Gasteiger partial charge in [-0.1, -0.05) is 24.8 Å². The van der Waals surface area contributed by atoms with Gasteiger partial charge in [0.1, 0.15) is 23.7 Å². The van der Waals surface area contributed by atoms with Crippen molar-refractivity contribution in [2.45, 2.75) is 19.8 Å². The molecule has 1 aliphatic heterocycles. The number of ether oxygens (including phenoxy) is 3. The van der Waals surface area contributed by atoms with Crippen LogP contribution in [0.25, 0.3) is 22.6 Å². The van der Waals surface area contributed by atoms with E-state index < -0.39 is 17.7 Å². The third-order valence-corrected chi connectivity index (χ3v) is 6.27. The summed E-state index contributed by atoms with van der Waals surface area (Å²) in [4.78, 5) is 29.3. The van der Waals surface area contributed by atoms with Gasteiger partial charge < -0.3 is 24.5 Å². The number of benzene rings is 2. The first-order valence-electron chi connectivity index (χ1n) is 12.5. The fraction of sp³-hybridized carbons (Fsp3) is 0.241. The summed E-state index contributed by atoms with van der Waals surface area (Å²) in [6, 6.07) is 13.8. The van der Waals surface area contributed by atoms with Gasteiger partial charge >= 0.3 is 5.97 Å². The second-order valence-corrected chi connectivity index (χ2v) is 9.50. The minimum Gasteiger partial charge on any atom is -0.461 e. The lowest BCUT2D eigenvalue weighted by Gasteiger charge is -2.34. The van der Waals surface area contributed by atoms with Crippen molar-refractivity contribution >= 4 is 11.9 Å². The predicted octanol–water partition coefficient (Wildman–Crippen LogP) is 5.20. The van der Waals surface area contributed by atoms with E-state index in [1.165, 1.54) is 30.3 Å². The topological polar surface area (TPSA) is 111 Å². The summed E-state index contributed by atoms with van der Waals surface area (Å²) >= 11 is 0. The Kier molecular flexibility index (Phi) is 7.94. The van der Waals surface area contributed by atoms with Gasteiger partial charge in [0.2, 0.25) is 12.2 Å². The Labute approximate surface area is 229 Å². The molecular weight excluding hydrogens is 520 g/mol. The lowest BCUT2D eigenvalue weighted by molar-refractivity contribution is -0.238. The molecule has 0 saturated carbocycles. The van der Waals surface area contributed by atoms with Gasteiger partial charge in [-0.3, -0.25) is 4.79 Å². The van der Waals surface area contributed by atoms with Gasteiger partial charge in [-0.05, 0) is 55.0 Å². The number of hydrogen-bond acceptors (Lipinski definition) is 8. The number of carbonyl (C=O) groups excluding carboxylic acids is 1. The number of imidazole rings is 1. The van der Waals surface area contributed by atoms with E-state index in [9.17, 15) is 13.6 Å². The second-order valence-electron chi connectivity index (χ2n) is 9.50. The molecule has 11 heteroatoms. The van der Waals surface area contributed by atoms with Crippen molar-refractivity contribution in [3.8, 4) is 22.6 Å². The van der Waals surface area contributed by atoms with E-state index >= 15 is 0 Å². The van der Waals surface area contributed by atoms with Crippen molar-refractivity contribution in [1.82, 2.24) is 19.9 Å². The van der Waals surface area contributed by atoms with E-state index in [4.69, 9.17) is 19.2 Å². The van der Waals surface area contributed by atoms with Crippen molar-refractivity contribution in [1.29, 1.82) is 0 Å². The van der Waals surface area contributed by atoms with Crippen molar-refractivity contribution in [2.24, 2.45) is 5.41 Å². The number of hydrogen-bond donors (Lipinski definition) is 2. The van der Waals surface area contributed by atoms with Crippen LogP contribution < -0.4 is 5.32 Å². The highest BCUT2D eigenvalue weighted by atomic mass is 19.1. The molecule has 3 heterocycles. The third-order valence-electron chi connectivity index (χ3n) is 6.27. The summed E-state index contributed by atoms with van der Waals surface area (Å²) < 4.78 is 43.9. The van der Waals surface area contributed by atoms with Gasteiger partial charge in [0, 0.05) is 18.3 Å². The predicted molar refractivity (Wildman–Crippen MR) is 143 cm³/mol. The van der Waals surface area contributed by atoms with Crippen LogP contribution in [0.3, 0.4) is 0 Å². The first kappa shape index (κ1) is 27.1. The normalized spacial score (nSPS) is 18.7. The Hall–Kier alpha value is -4.48. The number of rotatable bonds is 9. The molecule has 1 aliphatic rings. The van der Waals surface area contributed by atoms with Crippen molar-refractivity contribution in [3.05, 3.63) is 96.5 Å². The summed E-state index contributed by atoms with van der Waals surface area (Å²) in [5.74, 6) is -0.428. The average molecular weight is 548 g/mol. The van der Waals surface area contributed by atoms with Crippen molar-refractivity contribution in [2.75, 3.05) is 25.1 Å². The molecule has 0 bridgehead atoms. The molecule has 2 aromatic heterocycles. The molecule has 0 aliphatic carbocycles. The van der Waals surface area contributed by atoms with Crippen LogP contribution in [0.5, 0.6) is 0 Å². The van der Waals surface area contributed by atoms with E-state index in [-0.39, 0.29) is 31.5 Å². The minimum absolute atomic E-state index is 0.0561. The van der Waals surface area contributed by atoms with Gasteiger partial charge in [0.25, 0.3) is 0 Å². The number of anilines is 1. The molecule has 1 fully saturated rings. The van der Waals surface area contributed by atoms with Crippen molar-refractivity contribution in [3.63, 3.8) is 0 Å². The Morgan fingerprint density at radius 1 is 1.10 bits per heavy atom. The lowest BCUT2D eigenvalue weighted by atomic mass is 9.92. The first-order chi connectivity index (χ1) is 19.3. The number of nitrogens with zero attached hydrogens (tertiary/aromatic N) is 3. The molecule has 0 amide bonds. The van der Waals surface area contributed by atoms with E-state index in [1.807, 2.05) is 0 Å². The van der Waals surface area contributed by atoms with Gasteiger partial charge in [-0.25, -0.2) is 23.7 Å². The molecule has 5 rings (SSSR count). The number of aromatic nitrogens is 4. The van der Waals surface area contributed by atoms with Gasteiger partial charge in [-0.2, -0.15) is 0 Å². The number of halogens is 2. The van der Waals surface area contributed by atoms with Crippen LogP contribution >= 0.6 is 0 Å². The maximum Gasteiger partial charge on any atom is 0.316 e. The Morgan fingerprint density at radius 3 is 2.45 bits per heavy atom. The van der Waals surface area contributed by atoms with Crippen LogP contribution in [0, 0.1) is 17.0 Å². The first-order valence-corrected chi connectivity index (χ1v) is 12.5. The Bertz CT molecular complexity index is 1480. The van der Waals surface area contributed by atoms with E-state index in [1.54, 1.807) is 43.5 Å². The zero-order valence-electron chi connectivity index (χ0n) is 21.7. The van der Waals surface area contributed by atoms with Gasteiger partial charge in [-0.15, -0.1) is 0 Å². The number of H-pyrrole nitrogens is 1. The minimum atomic E-state index is -0.980. The Balaban J connectivity index is 1.40. The summed E-state index contributed by atoms with van der Waals surface area (Å²) in [7, 11) is 0. The fourth-order valence-electron chi connectivity index (χ4n) is 4.07. The molecule has 206 valence electrons. The van der Waals surface area contributed by atoms with Crippen LogP contribution in [-0.4, -0.2) is 45.7 Å². The quantitative estimate of drug-likeness (QED) is 0.217. The zero-order valence-corrected chi connectivity index (χ0v) is 21.7. The van der Waals surface area contributed by atoms with E-state index in [0.717, 1.165) is 5.56 Å². The summed E-state index contributed by atoms with van der Waals surface area (Å²) in [5, 5.41) is 3.13. The molecule has 0 unspecified atom stereocenters. The molecule has 2 N–H and O–H groups in total. The van der Waals surface area contributed by atoms with E-state index in [2.05, 4.69) is 26.8 Å². The number of esters is 1. The lowest BCUT2D eigenvalue weighted by Crippen LogP contribution is -2.43. The number of carbonyl (C=O) groups is 1. The standard InChI is InChI=1S/C29H27F2N5O4/c1-3-14-38-27(37)29(2)16-39-26(40-17-29)25-35-23(19-6-10-21(31)11-7-19)24(36-25)22-12-13-32-28(34-22)33-15-18-4-8-20(30)9-5-18/h3-13,26H,1,14-17H2,2H3,(H,35,36)(H,32,33,34). The van der Waals surface area contributed by atoms with Crippen LogP contribution in [0.1, 0.15) is 24.6 Å². The SMILES string of the molecule is C=CCOC(=O)C1(C)COC(c2nc(-c3ccc(F)cc3)c(-c3ccnc(NCc4ccc(F)cc4)n3)[nH]2)OC1. The highest BCUT2D eigenvalue weighted by Gasteiger charge is 2.42. The summed E-state index contributed by atoms with van der Waals surface area (Å²) in [6.45, 7) is 5.85.